The van der Waals surface area contributed by atoms with Crippen molar-refractivity contribution in [3.63, 3.8) is 0 Å². The molecule has 5 nitrogen and oxygen atoms in total. The fourth-order valence-corrected chi connectivity index (χ4v) is 2.85. The molecule has 1 aromatic heterocycles. The molecule has 8 heteroatoms. The van der Waals surface area contributed by atoms with Gasteiger partial charge in [0.15, 0.2) is 0 Å². The van der Waals surface area contributed by atoms with Crippen molar-refractivity contribution < 1.29 is 9.78 Å². The van der Waals surface area contributed by atoms with Crippen LogP contribution in [0.3, 0.4) is 0 Å². The third-order valence-electron chi connectivity index (χ3n) is 3.54. The van der Waals surface area contributed by atoms with Crippen molar-refractivity contribution in [1.29, 1.82) is 0 Å². The number of nitrogens with zero attached hydrogens (tertiary/aromatic N) is 1. The number of nitrogen functional groups attached to an aromatic ring is 1. The number of carbonyl (C=O) groups is 1. The maximum atomic E-state index is 12.1. The maximum Gasteiger partial charge on any atom is 0.337 e. The number of carbonyl (C=O) groups excluding carboxylic acids is 1. The maximum absolute atomic E-state index is 12.1. The molecule has 1 amide bonds. The number of aromatic nitrogens is 1. The van der Waals surface area contributed by atoms with Crippen LogP contribution < -0.4 is 16.1 Å². The van der Waals surface area contributed by atoms with Gasteiger partial charge in [0, 0.05) is 5.71 Å². The van der Waals surface area contributed by atoms with Gasteiger partial charge in [-0.3, -0.25) is 4.79 Å². The van der Waals surface area contributed by atoms with E-state index in [4.69, 9.17) is 40.5 Å². The first-order valence-electron chi connectivity index (χ1n) is 6.63. The van der Waals surface area contributed by atoms with Crippen LogP contribution in [0.4, 0.5) is 5.69 Å². The lowest BCUT2D eigenvalue weighted by atomic mass is 9.89. The molecule has 0 aromatic carbocycles. The number of amides is 1. The van der Waals surface area contributed by atoms with E-state index in [9.17, 15) is 4.79 Å². The summed E-state index contributed by atoms with van der Waals surface area (Å²) in [6.07, 6.45) is 4.26. The first-order valence-corrected chi connectivity index (χ1v) is 7.77. The summed E-state index contributed by atoms with van der Waals surface area (Å²) < 4.78 is 0. The Bertz CT molecular complexity index is 604. The van der Waals surface area contributed by atoms with Crippen molar-refractivity contribution in [1.82, 2.24) is 5.43 Å². The minimum Gasteiger partial charge on any atom is -0.396 e. The van der Waals surface area contributed by atoms with E-state index in [1.54, 1.807) is 0 Å². The van der Waals surface area contributed by atoms with Crippen LogP contribution in [0, 0.1) is 5.92 Å². The molecule has 0 spiro atoms. The molecule has 1 heterocycles. The summed E-state index contributed by atoms with van der Waals surface area (Å²) >= 11 is 17.7. The molecule has 1 aromatic rings. The van der Waals surface area contributed by atoms with Crippen molar-refractivity contribution in [2.45, 2.75) is 32.6 Å². The Hall–Kier alpha value is -1.04. The van der Waals surface area contributed by atoms with Gasteiger partial charge in [-0.25, -0.2) is 5.43 Å². The Morgan fingerprint density at radius 2 is 2.05 bits per heavy atom. The molecule has 1 aliphatic carbocycles. The van der Waals surface area contributed by atoms with Crippen LogP contribution in [-0.4, -0.2) is 11.6 Å². The van der Waals surface area contributed by atoms with E-state index in [2.05, 4.69) is 22.4 Å². The van der Waals surface area contributed by atoms with Crippen LogP contribution in [0.5, 0.6) is 0 Å². The molecule has 0 unspecified atom stereocenters. The van der Waals surface area contributed by atoms with Gasteiger partial charge >= 0.3 is 5.91 Å². The summed E-state index contributed by atoms with van der Waals surface area (Å²) in [4.78, 5) is 14.8. The molecule has 0 aliphatic heterocycles. The van der Waals surface area contributed by atoms with E-state index < -0.39 is 5.91 Å². The molecule has 1 fully saturated rings. The van der Waals surface area contributed by atoms with E-state index in [1.165, 1.54) is 6.42 Å². The molecule has 2 rings (SSSR count). The molecule has 1 saturated carbocycles. The van der Waals surface area contributed by atoms with Crippen LogP contribution in [0.25, 0.3) is 0 Å². The van der Waals surface area contributed by atoms with Crippen molar-refractivity contribution in [3.8, 4) is 0 Å². The molecule has 0 bridgehead atoms. The zero-order valence-corrected chi connectivity index (χ0v) is 13.7. The van der Waals surface area contributed by atoms with Gasteiger partial charge in [-0.1, -0.05) is 36.5 Å². The second-order valence-electron chi connectivity index (χ2n) is 5.05. The van der Waals surface area contributed by atoms with Crippen LogP contribution in [-0.2, 0) is 0 Å². The predicted octanol–water partition coefficient (Wildman–Crippen LogP) is 3.34. The van der Waals surface area contributed by atoms with Crippen molar-refractivity contribution in [2.24, 2.45) is 11.0 Å². The topological polar surface area (TPSA) is 81.6 Å². The van der Waals surface area contributed by atoms with E-state index in [-0.39, 0.29) is 26.6 Å². The lowest BCUT2D eigenvalue weighted by Gasteiger charge is -2.19. The van der Waals surface area contributed by atoms with Crippen LogP contribution in [0.2, 0.25) is 15.2 Å². The number of hydrazone groups is 1. The van der Waals surface area contributed by atoms with Gasteiger partial charge < -0.3 is 5.73 Å². The standard InChI is InChI=1S/C13H15Cl3N4O/c1-6-4-2-3-5-7(6)19-20-13(21)11-8(14)10(17)9(15)12(16)18-11/h6H,2-5H2,1H3,(H2,17,18)(H,20,21)/p+1/b19-7-/t6-/m1/s1. The molecule has 4 N–H and O–H groups in total. The van der Waals surface area contributed by atoms with Crippen LogP contribution >= 0.6 is 34.8 Å². The molecule has 1 atom stereocenters. The summed E-state index contributed by atoms with van der Waals surface area (Å²) in [7, 11) is 0. The number of anilines is 1. The molecular weight excluding hydrogens is 335 g/mol. The van der Waals surface area contributed by atoms with Gasteiger partial charge in [0.05, 0.1) is 5.69 Å². The Morgan fingerprint density at radius 3 is 2.71 bits per heavy atom. The van der Waals surface area contributed by atoms with Gasteiger partial charge in [0.2, 0.25) is 0 Å². The fourth-order valence-electron chi connectivity index (χ4n) is 2.24. The minimum atomic E-state index is -0.504. The largest absolute Gasteiger partial charge is 0.396 e. The van der Waals surface area contributed by atoms with Gasteiger partial charge in [0.25, 0.3) is 10.8 Å². The van der Waals surface area contributed by atoms with Crippen molar-refractivity contribution in [3.05, 3.63) is 20.9 Å². The molecule has 1 aliphatic rings. The molecule has 0 radical (unpaired) electrons. The average molecular weight is 351 g/mol. The highest BCUT2D eigenvalue weighted by Gasteiger charge is 2.26. The normalized spacial score (nSPS) is 20.6. The quantitative estimate of drug-likeness (QED) is 0.633. The number of nitrogens with one attached hydrogen (secondary N) is 2. The fraction of sp³-hybridized carbons (Fsp3) is 0.462. The molecule has 0 saturated heterocycles. The van der Waals surface area contributed by atoms with Crippen molar-refractivity contribution >= 4 is 52.1 Å². The number of hydrogen-bond donors (Lipinski definition) is 2. The lowest BCUT2D eigenvalue weighted by molar-refractivity contribution is -0.379. The second kappa shape index (κ2) is 6.81. The Kier molecular flexibility index (Phi) is 5.30. The summed E-state index contributed by atoms with van der Waals surface area (Å²) in [5, 5.41) is 4.36. The van der Waals surface area contributed by atoms with E-state index in [0.29, 0.717) is 5.92 Å². The first kappa shape index (κ1) is 16.3. The smallest absolute Gasteiger partial charge is 0.337 e. The third-order valence-corrected chi connectivity index (χ3v) is 4.70. The van der Waals surface area contributed by atoms with Crippen LogP contribution in [0.15, 0.2) is 5.10 Å². The van der Waals surface area contributed by atoms with E-state index in [1.807, 2.05) is 0 Å². The predicted molar refractivity (Wildman–Crippen MR) is 85.0 cm³/mol. The minimum absolute atomic E-state index is 0.0267. The van der Waals surface area contributed by atoms with E-state index >= 15 is 0 Å². The van der Waals surface area contributed by atoms with Crippen LogP contribution in [0.1, 0.15) is 43.1 Å². The number of nitrogens with two attached hydrogens (primary N) is 1. The highest BCUT2D eigenvalue weighted by molar-refractivity contribution is 6.45. The summed E-state index contributed by atoms with van der Waals surface area (Å²) in [5.41, 5.74) is 9.27. The van der Waals surface area contributed by atoms with Gasteiger partial charge in [0.1, 0.15) is 10.0 Å². The Morgan fingerprint density at radius 1 is 1.33 bits per heavy atom. The zero-order valence-electron chi connectivity index (χ0n) is 11.5. The Balaban J connectivity index is 2.19. The number of hydrogen-bond acceptors (Lipinski definition) is 3. The van der Waals surface area contributed by atoms with E-state index in [0.717, 1.165) is 25.0 Å². The third kappa shape index (κ3) is 3.59. The first-order chi connectivity index (χ1) is 9.91. The summed E-state index contributed by atoms with van der Waals surface area (Å²) in [5.74, 6) is -0.132. The van der Waals surface area contributed by atoms with Gasteiger partial charge in [-0.05, 0) is 36.8 Å². The highest BCUT2D eigenvalue weighted by atomic mass is 35.5. The number of pyridine rings is 1. The van der Waals surface area contributed by atoms with Crippen molar-refractivity contribution in [2.75, 3.05) is 5.73 Å². The zero-order chi connectivity index (χ0) is 15.6. The lowest BCUT2D eigenvalue weighted by Crippen LogP contribution is -2.30. The molecule has 114 valence electrons. The monoisotopic (exact) mass is 349 g/mol. The SMILES string of the molecule is C[C@@H]1CCCC/C1=N/NC(=O)c1[nH+]c(Cl)c(Cl)c(N)c1Cl. The number of H-pyrrole nitrogens is 1. The Labute approximate surface area is 137 Å². The van der Waals surface area contributed by atoms with Gasteiger partial charge in [-0.2, -0.15) is 10.1 Å². The van der Waals surface area contributed by atoms with Gasteiger partial charge in [-0.15, -0.1) is 0 Å². The summed E-state index contributed by atoms with van der Waals surface area (Å²) in [6.45, 7) is 2.10. The summed E-state index contributed by atoms with van der Waals surface area (Å²) in [6, 6.07) is 0. The second-order valence-corrected chi connectivity index (χ2v) is 6.18. The number of aromatic amines is 1. The molecular formula is C13H16Cl3N4O+. The number of halogens is 3. The average Bonchev–Trinajstić information content (AvgIpc) is 2.47. The molecule has 21 heavy (non-hydrogen) atoms. The number of rotatable bonds is 2. The highest BCUT2D eigenvalue weighted by Crippen LogP contribution is 2.32.